The molecule has 1 aliphatic heterocycles. The number of hydrogen-bond donors (Lipinski definition) is 1. The number of hydrogen-bond acceptors (Lipinski definition) is 9. The number of carbonyl (C=O) groups is 1. The molecule has 13 heteroatoms. The van der Waals surface area contributed by atoms with Crippen LogP contribution in [-0.4, -0.2) is 69.5 Å². The van der Waals surface area contributed by atoms with Crippen molar-refractivity contribution >= 4 is 44.4 Å². The van der Waals surface area contributed by atoms with E-state index in [2.05, 4.69) is 20.3 Å². The van der Waals surface area contributed by atoms with Crippen LogP contribution in [0, 0.1) is 12.7 Å². The summed E-state index contributed by atoms with van der Waals surface area (Å²) in [7, 11) is -4.03. The van der Waals surface area contributed by atoms with Gasteiger partial charge in [0.1, 0.15) is 5.60 Å². The van der Waals surface area contributed by atoms with Crippen LogP contribution in [0.2, 0.25) is 5.02 Å². The number of ether oxygens (including phenoxy) is 1. The van der Waals surface area contributed by atoms with Gasteiger partial charge in [-0.3, -0.25) is 9.69 Å². The van der Waals surface area contributed by atoms with Crippen molar-refractivity contribution in [1.29, 1.82) is 0 Å². The number of pyridine rings is 1. The highest BCUT2D eigenvalue weighted by Gasteiger charge is 2.27. The van der Waals surface area contributed by atoms with E-state index in [9.17, 15) is 17.6 Å². The Hall–Kier alpha value is -3.61. The zero-order valence-corrected chi connectivity index (χ0v) is 25.3. The number of piperidine rings is 1. The quantitative estimate of drug-likeness (QED) is 0.285. The first-order valence-electron chi connectivity index (χ1n) is 13.5. The number of nitrogens with zero attached hydrogens (tertiary/aromatic N) is 5. The van der Waals surface area contributed by atoms with Gasteiger partial charge in [-0.15, -0.1) is 0 Å². The lowest BCUT2D eigenvalue weighted by atomic mass is 10.1. The van der Waals surface area contributed by atoms with Crippen LogP contribution in [0.4, 0.5) is 10.2 Å². The van der Waals surface area contributed by atoms with Crippen molar-refractivity contribution in [3.63, 3.8) is 0 Å². The van der Waals surface area contributed by atoms with Crippen molar-refractivity contribution in [2.75, 3.05) is 25.0 Å². The predicted molar refractivity (Wildman–Crippen MR) is 158 cm³/mol. The van der Waals surface area contributed by atoms with Crippen molar-refractivity contribution in [3.05, 3.63) is 65.3 Å². The van der Waals surface area contributed by atoms with Gasteiger partial charge in [-0.1, -0.05) is 29.3 Å². The highest BCUT2D eigenvalue weighted by atomic mass is 35.5. The van der Waals surface area contributed by atoms with Gasteiger partial charge in [0, 0.05) is 35.9 Å². The third kappa shape index (κ3) is 6.55. The van der Waals surface area contributed by atoms with E-state index in [0.717, 1.165) is 35.1 Å². The molecule has 5 rings (SSSR count). The van der Waals surface area contributed by atoms with Crippen molar-refractivity contribution in [1.82, 2.24) is 23.8 Å². The molecule has 1 fully saturated rings. The predicted octanol–water partition coefficient (Wildman–Crippen LogP) is 5.05. The molecule has 1 unspecified atom stereocenters. The number of aryl methyl sites for hydroxylation is 1. The second-order valence-corrected chi connectivity index (χ2v) is 13.6. The molecule has 0 bridgehead atoms. The van der Waals surface area contributed by atoms with Crippen LogP contribution in [0.3, 0.4) is 0 Å². The number of benzene rings is 1. The van der Waals surface area contributed by atoms with Crippen LogP contribution in [0.1, 0.15) is 39.2 Å². The molecule has 0 saturated carbocycles. The number of carbonyl (C=O) groups excluding carboxylic acids is 1. The molecule has 1 aromatic carbocycles. The molecule has 1 atom stereocenters. The SMILES string of the molecule is Cc1ccc(S(=O)(=O)n2cc(-c3ncc(F)c(NC4CCCN(CC(=O)OC(C)(C)C)C4)n3)c3cc(Cl)cnc32)cc1. The molecule has 1 saturated heterocycles. The van der Waals surface area contributed by atoms with E-state index in [-0.39, 0.29) is 40.7 Å². The highest BCUT2D eigenvalue weighted by Crippen LogP contribution is 2.33. The fraction of sp³-hybridized carbons (Fsp3) is 0.379. The molecule has 0 aliphatic carbocycles. The summed E-state index contributed by atoms with van der Waals surface area (Å²) in [6.45, 7) is 8.67. The normalized spacial score (nSPS) is 16.5. The van der Waals surface area contributed by atoms with Crippen LogP contribution in [-0.2, 0) is 19.6 Å². The number of nitrogens with one attached hydrogen (secondary N) is 1. The minimum Gasteiger partial charge on any atom is -0.459 e. The Balaban J connectivity index is 1.45. The maximum absolute atomic E-state index is 15.0. The molecule has 4 heterocycles. The Morgan fingerprint density at radius 3 is 2.64 bits per heavy atom. The third-order valence-electron chi connectivity index (χ3n) is 6.76. The number of esters is 1. The van der Waals surface area contributed by atoms with Crippen LogP contribution in [0.25, 0.3) is 22.4 Å². The topological polar surface area (TPSA) is 119 Å². The average molecular weight is 615 g/mol. The highest BCUT2D eigenvalue weighted by molar-refractivity contribution is 7.90. The van der Waals surface area contributed by atoms with Gasteiger partial charge in [-0.2, -0.15) is 0 Å². The van der Waals surface area contributed by atoms with Crippen molar-refractivity contribution in [3.8, 4) is 11.4 Å². The van der Waals surface area contributed by atoms with E-state index in [1.807, 2.05) is 32.6 Å². The molecule has 0 spiro atoms. The Kier molecular flexibility index (Phi) is 8.23. The van der Waals surface area contributed by atoms with Gasteiger partial charge in [0.25, 0.3) is 10.0 Å². The molecule has 222 valence electrons. The van der Waals surface area contributed by atoms with E-state index in [0.29, 0.717) is 22.5 Å². The van der Waals surface area contributed by atoms with Crippen LogP contribution in [0.15, 0.2) is 53.8 Å². The Morgan fingerprint density at radius 1 is 1.19 bits per heavy atom. The average Bonchev–Trinajstić information content (AvgIpc) is 3.29. The molecular formula is C29H32ClFN6O4S. The first kappa shape index (κ1) is 29.9. The molecule has 1 N–H and O–H groups in total. The lowest BCUT2D eigenvalue weighted by Gasteiger charge is -2.33. The van der Waals surface area contributed by atoms with Gasteiger partial charge in [0.15, 0.2) is 23.1 Å². The number of halogens is 2. The Labute approximate surface area is 248 Å². The fourth-order valence-corrected chi connectivity index (χ4v) is 6.39. The minimum atomic E-state index is -4.03. The van der Waals surface area contributed by atoms with E-state index >= 15 is 0 Å². The summed E-state index contributed by atoms with van der Waals surface area (Å²) in [4.78, 5) is 27.3. The number of aromatic nitrogens is 4. The van der Waals surface area contributed by atoms with E-state index in [1.54, 1.807) is 18.2 Å². The van der Waals surface area contributed by atoms with Crippen LogP contribution < -0.4 is 5.32 Å². The lowest BCUT2D eigenvalue weighted by molar-refractivity contribution is -0.156. The van der Waals surface area contributed by atoms with Crippen LogP contribution in [0.5, 0.6) is 0 Å². The summed E-state index contributed by atoms with van der Waals surface area (Å²) >= 11 is 6.23. The molecule has 0 radical (unpaired) electrons. The zero-order valence-electron chi connectivity index (χ0n) is 23.8. The van der Waals surface area contributed by atoms with Crippen molar-refractivity contribution in [2.45, 2.75) is 57.1 Å². The third-order valence-corrected chi connectivity index (χ3v) is 8.63. The summed E-state index contributed by atoms with van der Waals surface area (Å²) < 4.78 is 48.6. The second kappa shape index (κ2) is 11.6. The molecule has 4 aromatic rings. The summed E-state index contributed by atoms with van der Waals surface area (Å²) in [5.74, 6) is -0.897. The number of fused-ring (bicyclic) bond motifs is 1. The van der Waals surface area contributed by atoms with Gasteiger partial charge in [0.05, 0.1) is 22.7 Å². The van der Waals surface area contributed by atoms with E-state index < -0.39 is 21.4 Å². The van der Waals surface area contributed by atoms with E-state index in [4.69, 9.17) is 16.3 Å². The summed E-state index contributed by atoms with van der Waals surface area (Å²) in [5, 5.41) is 3.85. The summed E-state index contributed by atoms with van der Waals surface area (Å²) in [6, 6.07) is 7.88. The molecule has 10 nitrogen and oxygen atoms in total. The molecule has 1 aliphatic rings. The zero-order chi connectivity index (χ0) is 30.2. The fourth-order valence-electron chi connectivity index (χ4n) is 4.90. The molecule has 42 heavy (non-hydrogen) atoms. The number of rotatable bonds is 7. The smallest absolute Gasteiger partial charge is 0.320 e. The maximum atomic E-state index is 15.0. The van der Waals surface area contributed by atoms with E-state index in [1.165, 1.54) is 24.5 Å². The number of likely N-dealkylation sites (tertiary alicyclic amines) is 1. The van der Waals surface area contributed by atoms with Crippen LogP contribution >= 0.6 is 11.6 Å². The first-order chi connectivity index (χ1) is 19.8. The standard InChI is InChI=1S/C29H32ClFN6O4S/c1-18-7-9-21(10-8-18)42(39,40)37-16-23(22-12-19(30)13-33-28(22)37)26-32-14-24(31)27(35-26)34-20-6-5-11-36(15-20)17-25(38)41-29(2,3)4/h7-10,12-14,16,20H,5-6,11,15,17H2,1-4H3,(H,32,34,35). The van der Waals surface area contributed by atoms with Crippen molar-refractivity contribution < 1.29 is 22.3 Å². The van der Waals surface area contributed by atoms with Gasteiger partial charge in [-0.25, -0.2) is 31.7 Å². The Bertz CT molecular complexity index is 1740. The monoisotopic (exact) mass is 614 g/mol. The molecule has 0 amide bonds. The van der Waals surface area contributed by atoms with Gasteiger partial charge in [-0.05, 0) is 65.3 Å². The summed E-state index contributed by atoms with van der Waals surface area (Å²) in [5.41, 5.74) is 0.812. The van der Waals surface area contributed by atoms with Gasteiger partial charge < -0.3 is 10.1 Å². The van der Waals surface area contributed by atoms with Gasteiger partial charge in [0.2, 0.25) is 0 Å². The Morgan fingerprint density at radius 2 is 1.93 bits per heavy atom. The first-order valence-corrected chi connectivity index (χ1v) is 15.3. The summed E-state index contributed by atoms with van der Waals surface area (Å²) in [6.07, 6.45) is 5.33. The second-order valence-electron chi connectivity index (χ2n) is 11.4. The minimum absolute atomic E-state index is 0.0265. The largest absolute Gasteiger partial charge is 0.459 e. The lowest BCUT2D eigenvalue weighted by Crippen LogP contribution is -2.45. The molecule has 3 aromatic heterocycles. The molecular weight excluding hydrogens is 583 g/mol. The maximum Gasteiger partial charge on any atom is 0.320 e. The van der Waals surface area contributed by atoms with Gasteiger partial charge >= 0.3 is 5.97 Å². The van der Waals surface area contributed by atoms with Crippen molar-refractivity contribution in [2.24, 2.45) is 0 Å². The number of anilines is 1.